The molecule has 0 aromatic heterocycles. The monoisotopic (exact) mass is 274 g/mol. The van der Waals surface area contributed by atoms with Gasteiger partial charge in [0.15, 0.2) is 0 Å². The fraction of sp³-hybridized carbons (Fsp3) is 0.500. The van der Waals surface area contributed by atoms with E-state index in [1.54, 1.807) is 13.0 Å². The van der Waals surface area contributed by atoms with Gasteiger partial charge in [-0.05, 0) is 37.5 Å². The third-order valence-corrected chi connectivity index (χ3v) is 4.05. The van der Waals surface area contributed by atoms with Gasteiger partial charge in [0.2, 0.25) is 5.91 Å². The van der Waals surface area contributed by atoms with Crippen LogP contribution >= 0.6 is 0 Å². The number of nitriles is 1. The Morgan fingerprint density at radius 3 is 2.55 bits per heavy atom. The standard InChI is InChI=1S/C16H19FN2O/c1-12-6-7-13(17)10-14(12)19-15(20)16(11-18)8-4-2-3-5-9-16/h6-7,10H,2-5,8-9H2,1H3,(H,19,20). The summed E-state index contributed by atoms with van der Waals surface area (Å²) >= 11 is 0. The number of amides is 1. The zero-order valence-corrected chi connectivity index (χ0v) is 11.7. The molecule has 106 valence electrons. The molecule has 1 aliphatic rings. The average molecular weight is 274 g/mol. The Bertz CT molecular complexity index is 540. The molecule has 0 heterocycles. The molecule has 1 fully saturated rings. The normalized spacial score (nSPS) is 17.9. The lowest BCUT2D eigenvalue weighted by Crippen LogP contribution is -2.34. The molecule has 1 aliphatic carbocycles. The van der Waals surface area contributed by atoms with E-state index in [1.807, 2.05) is 0 Å². The smallest absolute Gasteiger partial charge is 0.244 e. The van der Waals surface area contributed by atoms with Gasteiger partial charge in [0.25, 0.3) is 0 Å². The second kappa shape index (κ2) is 6.04. The Balaban J connectivity index is 2.21. The Morgan fingerprint density at radius 1 is 1.30 bits per heavy atom. The maximum Gasteiger partial charge on any atom is 0.244 e. The molecule has 0 radical (unpaired) electrons. The summed E-state index contributed by atoms with van der Waals surface area (Å²) in [6.45, 7) is 1.81. The molecular formula is C16H19FN2O. The number of rotatable bonds is 2. The number of aryl methyl sites for hydroxylation is 1. The molecule has 1 aromatic rings. The van der Waals surface area contributed by atoms with Crippen LogP contribution in [0, 0.1) is 29.5 Å². The number of benzene rings is 1. The number of hydrogen-bond acceptors (Lipinski definition) is 2. The van der Waals surface area contributed by atoms with Crippen molar-refractivity contribution in [3.63, 3.8) is 0 Å². The van der Waals surface area contributed by atoms with Crippen LogP contribution in [-0.4, -0.2) is 5.91 Å². The van der Waals surface area contributed by atoms with Crippen molar-refractivity contribution in [1.29, 1.82) is 5.26 Å². The number of nitrogens with one attached hydrogen (secondary N) is 1. The lowest BCUT2D eigenvalue weighted by molar-refractivity contribution is -0.123. The van der Waals surface area contributed by atoms with Gasteiger partial charge in [0.05, 0.1) is 6.07 Å². The SMILES string of the molecule is Cc1ccc(F)cc1NC(=O)C1(C#N)CCCCCC1. The Kier molecular flexibility index (Phi) is 4.39. The highest BCUT2D eigenvalue weighted by atomic mass is 19.1. The molecule has 0 atom stereocenters. The first-order chi connectivity index (χ1) is 9.57. The van der Waals surface area contributed by atoms with Gasteiger partial charge in [-0.15, -0.1) is 0 Å². The number of anilines is 1. The summed E-state index contributed by atoms with van der Waals surface area (Å²) in [6, 6.07) is 6.49. The largest absolute Gasteiger partial charge is 0.324 e. The van der Waals surface area contributed by atoms with Crippen molar-refractivity contribution < 1.29 is 9.18 Å². The summed E-state index contributed by atoms with van der Waals surface area (Å²) in [5.74, 6) is -0.687. The predicted octanol–water partition coefficient (Wildman–Crippen LogP) is 3.94. The summed E-state index contributed by atoms with van der Waals surface area (Å²) in [6.07, 6.45) is 5.09. The summed E-state index contributed by atoms with van der Waals surface area (Å²) in [7, 11) is 0. The minimum Gasteiger partial charge on any atom is -0.324 e. The van der Waals surface area contributed by atoms with Crippen molar-refractivity contribution in [3.05, 3.63) is 29.6 Å². The predicted molar refractivity (Wildman–Crippen MR) is 75.5 cm³/mol. The van der Waals surface area contributed by atoms with Crippen molar-refractivity contribution in [2.75, 3.05) is 5.32 Å². The van der Waals surface area contributed by atoms with E-state index in [9.17, 15) is 14.4 Å². The molecule has 2 rings (SSSR count). The molecule has 20 heavy (non-hydrogen) atoms. The maximum atomic E-state index is 13.3. The molecule has 0 bridgehead atoms. The quantitative estimate of drug-likeness (QED) is 0.830. The van der Waals surface area contributed by atoms with Gasteiger partial charge in [-0.1, -0.05) is 31.7 Å². The van der Waals surface area contributed by atoms with Crippen LogP contribution in [0.25, 0.3) is 0 Å². The zero-order chi connectivity index (χ0) is 14.6. The summed E-state index contributed by atoms with van der Waals surface area (Å²) < 4.78 is 13.3. The summed E-state index contributed by atoms with van der Waals surface area (Å²) in [4.78, 5) is 12.5. The summed E-state index contributed by atoms with van der Waals surface area (Å²) in [5, 5.41) is 12.2. The van der Waals surface area contributed by atoms with Gasteiger partial charge in [0.1, 0.15) is 11.2 Å². The molecule has 3 nitrogen and oxygen atoms in total. The molecule has 0 saturated heterocycles. The van der Waals surface area contributed by atoms with E-state index in [4.69, 9.17) is 0 Å². The van der Waals surface area contributed by atoms with Crippen LogP contribution in [0.1, 0.15) is 44.1 Å². The fourth-order valence-electron chi connectivity index (χ4n) is 2.69. The van der Waals surface area contributed by atoms with E-state index in [0.717, 1.165) is 31.2 Å². The van der Waals surface area contributed by atoms with Crippen molar-refractivity contribution >= 4 is 11.6 Å². The third-order valence-electron chi connectivity index (χ3n) is 4.05. The molecular weight excluding hydrogens is 255 g/mol. The van der Waals surface area contributed by atoms with Crippen LogP contribution < -0.4 is 5.32 Å². The van der Waals surface area contributed by atoms with E-state index in [1.165, 1.54) is 12.1 Å². The van der Waals surface area contributed by atoms with Gasteiger partial charge in [0, 0.05) is 5.69 Å². The van der Waals surface area contributed by atoms with E-state index in [0.29, 0.717) is 18.5 Å². The molecule has 1 amide bonds. The minimum atomic E-state index is -0.963. The van der Waals surface area contributed by atoms with Gasteiger partial charge in [-0.2, -0.15) is 5.26 Å². The molecule has 0 spiro atoms. The molecule has 0 aliphatic heterocycles. The second-order valence-electron chi connectivity index (χ2n) is 5.52. The van der Waals surface area contributed by atoms with Crippen LogP contribution in [0.3, 0.4) is 0 Å². The van der Waals surface area contributed by atoms with Gasteiger partial charge in [-0.3, -0.25) is 4.79 Å². The van der Waals surface area contributed by atoms with E-state index >= 15 is 0 Å². The highest BCUT2D eigenvalue weighted by molar-refractivity contribution is 5.97. The first-order valence-corrected chi connectivity index (χ1v) is 7.06. The first kappa shape index (κ1) is 14.5. The average Bonchev–Trinajstić information content (AvgIpc) is 2.69. The van der Waals surface area contributed by atoms with Crippen LogP contribution in [0.4, 0.5) is 10.1 Å². The fourth-order valence-corrected chi connectivity index (χ4v) is 2.69. The van der Waals surface area contributed by atoms with Crippen LogP contribution in [0.15, 0.2) is 18.2 Å². The van der Waals surface area contributed by atoms with Crippen LogP contribution in [-0.2, 0) is 4.79 Å². The highest BCUT2D eigenvalue weighted by Gasteiger charge is 2.39. The molecule has 4 heteroatoms. The van der Waals surface area contributed by atoms with Gasteiger partial charge >= 0.3 is 0 Å². The van der Waals surface area contributed by atoms with E-state index in [2.05, 4.69) is 11.4 Å². The highest BCUT2D eigenvalue weighted by Crippen LogP contribution is 2.36. The molecule has 1 saturated carbocycles. The van der Waals surface area contributed by atoms with Crippen molar-refractivity contribution in [3.8, 4) is 6.07 Å². The Morgan fingerprint density at radius 2 is 1.95 bits per heavy atom. The van der Waals surface area contributed by atoms with Crippen molar-refractivity contribution in [2.24, 2.45) is 5.41 Å². The van der Waals surface area contributed by atoms with E-state index < -0.39 is 11.2 Å². The summed E-state index contributed by atoms with van der Waals surface area (Å²) in [5.41, 5.74) is 0.283. The number of carbonyl (C=O) groups is 1. The number of nitrogens with zero attached hydrogens (tertiary/aromatic N) is 1. The third kappa shape index (κ3) is 2.98. The minimum absolute atomic E-state index is 0.296. The van der Waals surface area contributed by atoms with Gasteiger partial charge < -0.3 is 5.32 Å². The Labute approximate surface area is 118 Å². The zero-order valence-electron chi connectivity index (χ0n) is 11.7. The topological polar surface area (TPSA) is 52.9 Å². The number of halogens is 1. The lowest BCUT2D eigenvalue weighted by atomic mass is 9.81. The van der Waals surface area contributed by atoms with Crippen LogP contribution in [0.5, 0.6) is 0 Å². The van der Waals surface area contributed by atoms with Crippen LogP contribution in [0.2, 0.25) is 0 Å². The maximum absolute atomic E-state index is 13.3. The van der Waals surface area contributed by atoms with Crippen molar-refractivity contribution in [2.45, 2.75) is 45.4 Å². The molecule has 1 aromatic carbocycles. The van der Waals surface area contributed by atoms with Gasteiger partial charge in [-0.25, -0.2) is 4.39 Å². The van der Waals surface area contributed by atoms with Crippen molar-refractivity contribution in [1.82, 2.24) is 0 Å². The molecule has 0 unspecified atom stereocenters. The molecule has 1 N–H and O–H groups in total. The van der Waals surface area contributed by atoms with E-state index in [-0.39, 0.29) is 5.91 Å². The number of carbonyl (C=O) groups excluding carboxylic acids is 1. The second-order valence-corrected chi connectivity index (χ2v) is 5.52. The Hall–Kier alpha value is -1.89. The lowest BCUT2D eigenvalue weighted by Gasteiger charge is -2.24. The first-order valence-electron chi connectivity index (χ1n) is 7.06. The number of hydrogen-bond donors (Lipinski definition) is 1.